The molecule has 2 aromatic rings. The fourth-order valence-corrected chi connectivity index (χ4v) is 2.95. The molecule has 0 aromatic heterocycles. The minimum atomic E-state index is -0.238. The van der Waals surface area contributed by atoms with Gasteiger partial charge in [-0.05, 0) is 41.3 Å². The van der Waals surface area contributed by atoms with Crippen LogP contribution in [-0.2, 0) is 11.3 Å². The highest BCUT2D eigenvalue weighted by Crippen LogP contribution is 2.22. The van der Waals surface area contributed by atoms with E-state index in [0.29, 0.717) is 13.0 Å². The van der Waals surface area contributed by atoms with E-state index in [1.807, 2.05) is 37.4 Å². The number of benzene rings is 2. The number of hydrogen-bond donors (Lipinski definition) is 0. The number of carbonyl (C=O) groups is 1. The molecule has 1 amide bonds. The van der Waals surface area contributed by atoms with Crippen molar-refractivity contribution in [3.63, 3.8) is 0 Å². The third-order valence-electron chi connectivity index (χ3n) is 4.42. The standard InChI is InChI=1S/C22H28FNO/c1-3-4-5-6-7-14-22(25)24(2)17-18-10-8-11-19(15-18)20-12-9-13-21(23)16-20/h8-13,15-16H,3-7,14,17H2,1-2H3. The number of unbranched alkanes of at least 4 members (excludes halogenated alkanes) is 4. The van der Waals surface area contributed by atoms with Crippen LogP contribution in [0.15, 0.2) is 48.5 Å². The largest absolute Gasteiger partial charge is 0.341 e. The summed E-state index contributed by atoms with van der Waals surface area (Å²) in [4.78, 5) is 14.0. The maximum atomic E-state index is 13.4. The summed E-state index contributed by atoms with van der Waals surface area (Å²) in [6.45, 7) is 2.77. The van der Waals surface area contributed by atoms with Crippen LogP contribution in [0.5, 0.6) is 0 Å². The van der Waals surface area contributed by atoms with Gasteiger partial charge in [-0.25, -0.2) is 4.39 Å². The molecule has 0 unspecified atom stereocenters. The number of hydrogen-bond acceptors (Lipinski definition) is 1. The second-order valence-electron chi connectivity index (χ2n) is 6.62. The summed E-state index contributed by atoms with van der Waals surface area (Å²) < 4.78 is 13.4. The first kappa shape index (κ1) is 19.2. The van der Waals surface area contributed by atoms with Crippen molar-refractivity contribution >= 4 is 5.91 Å². The molecule has 3 heteroatoms. The zero-order valence-corrected chi connectivity index (χ0v) is 15.3. The summed E-state index contributed by atoms with van der Waals surface area (Å²) in [6, 6.07) is 14.5. The van der Waals surface area contributed by atoms with Crippen molar-refractivity contribution in [2.45, 2.75) is 52.0 Å². The molecule has 0 spiro atoms. The van der Waals surface area contributed by atoms with Gasteiger partial charge in [-0.3, -0.25) is 4.79 Å². The van der Waals surface area contributed by atoms with Gasteiger partial charge in [0.05, 0.1) is 0 Å². The van der Waals surface area contributed by atoms with Gasteiger partial charge < -0.3 is 4.90 Å². The predicted octanol–water partition coefficient (Wildman–Crippen LogP) is 5.81. The molecule has 0 heterocycles. The highest BCUT2D eigenvalue weighted by atomic mass is 19.1. The van der Waals surface area contributed by atoms with Gasteiger partial charge in [0.15, 0.2) is 0 Å². The van der Waals surface area contributed by atoms with E-state index in [9.17, 15) is 9.18 Å². The van der Waals surface area contributed by atoms with Crippen LogP contribution in [0.2, 0.25) is 0 Å². The van der Waals surface area contributed by atoms with E-state index in [-0.39, 0.29) is 11.7 Å². The fraction of sp³-hybridized carbons (Fsp3) is 0.409. The zero-order valence-electron chi connectivity index (χ0n) is 15.3. The van der Waals surface area contributed by atoms with Gasteiger partial charge >= 0.3 is 0 Å². The summed E-state index contributed by atoms with van der Waals surface area (Å²) in [6.07, 6.45) is 6.38. The van der Waals surface area contributed by atoms with E-state index >= 15 is 0 Å². The van der Waals surface area contributed by atoms with Gasteiger partial charge in [-0.1, -0.05) is 62.9 Å². The molecule has 0 aliphatic heterocycles. The zero-order chi connectivity index (χ0) is 18.1. The molecular weight excluding hydrogens is 313 g/mol. The second-order valence-corrected chi connectivity index (χ2v) is 6.62. The summed E-state index contributed by atoms with van der Waals surface area (Å²) in [7, 11) is 1.85. The summed E-state index contributed by atoms with van der Waals surface area (Å²) in [5, 5.41) is 0. The molecule has 0 saturated heterocycles. The van der Waals surface area contributed by atoms with Gasteiger partial charge in [-0.15, -0.1) is 0 Å². The van der Waals surface area contributed by atoms with Crippen LogP contribution in [0.25, 0.3) is 11.1 Å². The lowest BCUT2D eigenvalue weighted by molar-refractivity contribution is -0.130. The Labute approximate surface area is 150 Å². The third-order valence-corrected chi connectivity index (χ3v) is 4.42. The number of nitrogens with zero attached hydrogens (tertiary/aromatic N) is 1. The Kier molecular flexibility index (Phi) is 7.65. The Bertz CT molecular complexity index is 683. The molecule has 2 aromatic carbocycles. The van der Waals surface area contributed by atoms with Gasteiger partial charge in [0, 0.05) is 20.0 Å². The number of carbonyl (C=O) groups excluding carboxylic acids is 1. The smallest absolute Gasteiger partial charge is 0.222 e. The van der Waals surface area contributed by atoms with Crippen LogP contribution in [-0.4, -0.2) is 17.9 Å². The van der Waals surface area contributed by atoms with Crippen LogP contribution in [0.1, 0.15) is 51.0 Å². The maximum absolute atomic E-state index is 13.4. The SMILES string of the molecule is CCCCCCCC(=O)N(C)Cc1cccc(-c2cccc(F)c2)c1. The normalized spacial score (nSPS) is 10.7. The van der Waals surface area contributed by atoms with Gasteiger partial charge in [0.2, 0.25) is 5.91 Å². The van der Waals surface area contributed by atoms with Gasteiger partial charge in [0.25, 0.3) is 0 Å². The molecule has 0 fully saturated rings. The molecule has 0 radical (unpaired) electrons. The number of halogens is 1. The average Bonchev–Trinajstić information content (AvgIpc) is 2.61. The molecule has 0 aliphatic carbocycles. The average molecular weight is 341 g/mol. The Morgan fingerprint density at radius 1 is 0.960 bits per heavy atom. The highest BCUT2D eigenvalue weighted by Gasteiger charge is 2.09. The van der Waals surface area contributed by atoms with Gasteiger partial charge in [0.1, 0.15) is 5.82 Å². The Morgan fingerprint density at radius 2 is 1.64 bits per heavy atom. The minimum Gasteiger partial charge on any atom is -0.341 e. The van der Waals surface area contributed by atoms with Crippen LogP contribution >= 0.6 is 0 Å². The fourth-order valence-electron chi connectivity index (χ4n) is 2.95. The van der Waals surface area contributed by atoms with Crippen LogP contribution in [0, 0.1) is 5.82 Å². The van der Waals surface area contributed by atoms with E-state index in [0.717, 1.165) is 29.5 Å². The van der Waals surface area contributed by atoms with Crippen molar-refractivity contribution in [3.05, 3.63) is 59.9 Å². The lowest BCUT2D eigenvalue weighted by Crippen LogP contribution is -2.25. The Morgan fingerprint density at radius 3 is 2.36 bits per heavy atom. The van der Waals surface area contributed by atoms with Crippen molar-refractivity contribution in [3.8, 4) is 11.1 Å². The maximum Gasteiger partial charge on any atom is 0.222 e. The lowest BCUT2D eigenvalue weighted by Gasteiger charge is -2.18. The molecule has 0 saturated carbocycles. The second kappa shape index (κ2) is 9.97. The Balaban J connectivity index is 1.91. The molecule has 2 rings (SSSR count). The molecular formula is C22H28FNO. The molecule has 25 heavy (non-hydrogen) atoms. The first-order valence-corrected chi connectivity index (χ1v) is 9.19. The number of rotatable bonds is 9. The van der Waals surface area contributed by atoms with Crippen molar-refractivity contribution in [1.29, 1.82) is 0 Å². The van der Waals surface area contributed by atoms with Crippen LogP contribution in [0.4, 0.5) is 4.39 Å². The summed E-state index contributed by atoms with van der Waals surface area (Å²) >= 11 is 0. The van der Waals surface area contributed by atoms with E-state index < -0.39 is 0 Å². The lowest BCUT2D eigenvalue weighted by atomic mass is 10.0. The molecule has 0 N–H and O–H groups in total. The third kappa shape index (κ3) is 6.33. The molecule has 2 nitrogen and oxygen atoms in total. The monoisotopic (exact) mass is 341 g/mol. The number of amides is 1. The van der Waals surface area contributed by atoms with Crippen molar-refractivity contribution in [1.82, 2.24) is 4.90 Å². The minimum absolute atomic E-state index is 0.188. The molecule has 0 atom stereocenters. The van der Waals surface area contributed by atoms with Crippen molar-refractivity contribution < 1.29 is 9.18 Å². The van der Waals surface area contributed by atoms with Crippen LogP contribution in [0.3, 0.4) is 0 Å². The van der Waals surface area contributed by atoms with E-state index in [1.54, 1.807) is 11.0 Å². The van der Waals surface area contributed by atoms with Crippen molar-refractivity contribution in [2.24, 2.45) is 0 Å². The molecule has 0 bridgehead atoms. The summed E-state index contributed by atoms with van der Waals surface area (Å²) in [5.41, 5.74) is 2.88. The first-order chi connectivity index (χ1) is 12.1. The van der Waals surface area contributed by atoms with Crippen molar-refractivity contribution in [2.75, 3.05) is 7.05 Å². The highest BCUT2D eigenvalue weighted by molar-refractivity contribution is 5.76. The quantitative estimate of drug-likeness (QED) is 0.527. The van der Waals surface area contributed by atoms with E-state index in [2.05, 4.69) is 6.92 Å². The van der Waals surface area contributed by atoms with E-state index in [4.69, 9.17) is 0 Å². The Hall–Kier alpha value is -2.16. The predicted molar refractivity (Wildman–Crippen MR) is 102 cm³/mol. The molecule has 0 aliphatic rings. The summed E-state index contributed by atoms with van der Waals surface area (Å²) in [5.74, 6) is -0.0501. The molecule has 134 valence electrons. The first-order valence-electron chi connectivity index (χ1n) is 9.19. The van der Waals surface area contributed by atoms with E-state index in [1.165, 1.54) is 31.4 Å². The topological polar surface area (TPSA) is 20.3 Å². The van der Waals surface area contributed by atoms with Gasteiger partial charge in [-0.2, -0.15) is 0 Å². The van der Waals surface area contributed by atoms with Crippen LogP contribution < -0.4 is 0 Å².